The van der Waals surface area contributed by atoms with E-state index >= 15 is 0 Å². The molecule has 0 saturated carbocycles. The molecule has 1 saturated heterocycles. The molecular formula is C17H26O2. The van der Waals surface area contributed by atoms with E-state index < -0.39 is 0 Å². The Morgan fingerprint density at radius 1 is 1.37 bits per heavy atom. The number of benzene rings is 1. The van der Waals surface area contributed by atoms with Gasteiger partial charge in [-0.15, -0.1) is 0 Å². The number of hydrogen-bond acceptors (Lipinski definition) is 2. The van der Waals surface area contributed by atoms with Crippen LogP contribution in [0.2, 0.25) is 0 Å². The van der Waals surface area contributed by atoms with Crippen LogP contribution >= 0.6 is 0 Å². The minimum atomic E-state index is 0.0167. The van der Waals surface area contributed by atoms with E-state index in [-0.39, 0.29) is 11.7 Å². The molecule has 0 aliphatic carbocycles. The highest BCUT2D eigenvalue weighted by molar-refractivity contribution is 5.37. The molecule has 0 bridgehead atoms. The SMILES string of the molecule is Cc1ccc(C(C)C)cc1OCC1CCC(C)(C)O1. The molecule has 1 atom stereocenters. The highest BCUT2D eigenvalue weighted by Crippen LogP contribution is 2.30. The average Bonchev–Trinajstić information content (AvgIpc) is 2.67. The van der Waals surface area contributed by atoms with Crippen molar-refractivity contribution in [2.45, 2.75) is 65.1 Å². The smallest absolute Gasteiger partial charge is 0.122 e. The second kappa shape index (κ2) is 5.54. The molecule has 1 aliphatic heterocycles. The fourth-order valence-electron chi connectivity index (χ4n) is 2.51. The topological polar surface area (TPSA) is 18.5 Å². The maximum atomic E-state index is 5.98. The molecule has 1 aromatic carbocycles. The predicted molar refractivity (Wildman–Crippen MR) is 78.9 cm³/mol. The summed E-state index contributed by atoms with van der Waals surface area (Å²) in [6.45, 7) is 11.5. The highest BCUT2D eigenvalue weighted by atomic mass is 16.6. The number of hydrogen-bond donors (Lipinski definition) is 0. The highest BCUT2D eigenvalue weighted by Gasteiger charge is 2.31. The van der Waals surface area contributed by atoms with Gasteiger partial charge in [0, 0.05) is 0 Å². The lowest BCUT2D eigenvalue weighted by Gasteiger charge is -2.20. The summed E-state index contributed by atoms with van der Waals surface area (Å²) in [5, 5.41) is 0. The summed E-state index contributed by atoms with van der Waals surface area (Å²) in [4.78, 5) is 0. The fourth-order valence-corrected chi connectivity index (χ4v) is 2.51. The average molecular weight is 262 g/mol. The van der Waals surface area contributed by atoms with Gasteiger partial charge in [0.1, 0.15) is 12.4 Å². The van der Waals surface area contributed by atoms with Crippen molar-refractivity contribution >= 4 is 0 Å². The van der Waals surface area contributed by atoms with Gasteiger partial charge < -0.3 is 9.47 Å². The van der Waals surface area contributed by atoms with Crippen LogP contribution in [0.4, 0.5) is 0 Å². The molecule has 0 radical (unpaired) electrons. The fraction of sp³-hybridized carbons (Fsp3) is 0.647. The number of ether oxygens (including phenoxy) is 2. The first-order valence-electron chi connectivity index (χ1n) is 7.28. The lowest BCUT2D eigenvalue weighted by Crippen LogP contribution is -2.24. The Morgan fingerprint density at radius 3 is 2.68 bits per heavy atom. The van der Waals surface area contributed by atoms with Crippen LogP contribution in [-0.4, -0.2) is 18.3 Å². The standard InChI is InChI=1S/C17H26O2/c1-12(2)14-7-6-13(3)16(10-14)18-11-15-8-9-17(4,5)19-15/h6-7,10,12,15H,8-9,11H2,1-5H3. The minimum Gasteiger partial charge on any atom is -0.491 e. The first kappa shape index (κ1) is 14.4. The normalized spacial score (nSPS) is 21.9. The molecule has 0 aromatic heterocycles. The zero-order valence-corrected chi connectivity index (χ0v) is 12.8. The first-order chi connectivity index (χ1) is 8.87. The van der Waals surface area contributed by atoms with Crippen molar-refractivity contribution in [3.8, 4) is 5.75 Å². The minimum absolute atomic E-state index is 0.0167. The largest absolute Gasteiger partial charge is 0.491 e. The van der Waals surface area contributed by atoms with Crippen LogP contribution in [0.25, 0.3) is 0 Å². The summed E-state index contributed by atoms with van der Waals surface area (Å²) in [6, 6.07) is 6.49. The predicted octanol–water partition coefficient (Wildman–Crippen LogP) is 4.45. The molecule has 2 nitrogen and oxygen atoms in total. The lowest BCUT2D eigenvalue weighted by atomic mass is 10.0. The van der Waals surface area contributed by atoms with Crippen molar-refractivity contribution in [2.24, 2.45) is 0 Å². The molecule has 0 amide bonds. The molecule has 1 aliphatic rings. The monoisotopic (exact) mass is 262 g/mol. The van der Waals surface area contributed by atoms with E-state index in [1.807, 2.05) is 0 Å². The second-order valence-electron chi connectivity index (χ2n) is 6.53. The van der Waals surface area contributed by atoms with E-state index in [2.05, 4.69) is 52.8 Å². The summed E-state index contributed by atoms with van der Waals surface area (Å²) in [5.74, 6) is 1.53. The summed E-state index contributed by atoms with van der Waals surface area (Å²) in [7, 11) is 0. The molecule has 0 spiro atoms. The second-order valence-corrected chi connectivity index (χ2v) is 6.53. The van der Waals surface area contributed by atoms with Crippen LogP contribution in [-0.2, 0) is 4.74 Å². The summed E-state index contributed by atoms with van der Waals surface area (Å²) in [6.07, 6.45) is 2.44. The summed E-state index contributed by atoms with van der Waals surface area (Å²) in [5.41, 5.74) is 2.54. The van der Waals surface area contributed by atoms with Crippen molar-refractivity contribution in [1.29, 1.82) is 0 Å². The molecule has 1 heterocycles. The Kier molecular flexibility index (Phi) is 4.19. The molecule has 2 rings (SSSR count). The summed E-state index contributed by atoms with van der Waals surface area (Å²) >= 11 is 0. The van der Waals surface area contributed by atoms with Gasteiger partial charge in [0.25, 0.3) is 0 Å². The van der Waals surface area contributed by atoms with Crippen LogP contribution < -0.4 is 4.74 Å². The number of rotatable bonds is 4. The van der Waals surface area contributed by atoms with Crippen molar-refractivity contribution in [3.05, 3.63) is 29.3 Å². The van der Waals surface area contributed by atoms with Gasteiger partial charge in [0.05, 0.1) is 11.7 Å². The molecule has 1 fully saturated rings. The van der Waals surface area contributed by atoms with Gasteiger partial charge in [-0.3, -0.25) is 0 Å². The maximum Gasteiger partial charge on any atom is 0.122 e. The van der Waals surface area contributed by atoms with Gasteiger partial charge in [-0.05, 0) is 56.7 Å². The molecule has 2 heteroatoms. The molecule has 1 unspecified atom stereocenters. The van der Waals surface area contributed by atoms with Gasteiger partial charge in [-0.1, -0.05) is 26.0 Å². The molecule has 1 aromatic rings. The van der Waals surface area contributed by atoms with Gasteiger partial charge >= 0.3 is 0 Å². The van der Waals surface area contributed by atoms with Crippen molar-refractivity contribution in [3.63, 3.8) is 0 Å². The van der Waals surface area contributed by atoms with Crippen molar-refractivity contribution < 1.29 is 9.47 Å². The first-order valence-corrected chi connectivity index (χ1v) is 7.28. The molecule has 106 valence electrons. The quantitative estimate of drug-likeness (QED) is 0.798. The third kappa shape index (κ3) is 3.73. The van der Waals surface area contributed by atoms with E-state index in [9.17, 15) is 0 Å². The zero-order valence-electron chi connectivity index (χ0n) is 12.8. The Balaban J connectivity index is 1.98. The third-order valence-electron chi connectivity index (χ3n) is 3.86. The van der Waals surface area contributed by atoms with Gasteiger partial charge in [0.15, 0.2) is 0 Å². The maximum absolute atomic E-state index is 5.98. The van der Waals surface area contributed by atoms with Gasteiger partial charge in [-0.2, -0.15) is 0 Å². The van der Waals surface area contributed by atoms with E-state index in [0.29, 0.717) is 12.5 Å². The van der Waals surface area contributed by atoms with E-state index in [0.717, 1.165) is 18.6 Å². The van der Waals surface area contributed by atoms with Gasteiger partial charge in [0.2, 0.25) is 0 Å². The van der Waals surface area contributed by atoms with Crippen molar-refractivity contribution in [1.82, 2.24) is 0 Å². The molecular weight excluding hydrogens is 236 g/mol. The molecule has 0 N–H and O–H groups in total. The van der Waals surface area contributed by atoms with Crippen LogP contribution in [0, 0.1) is 6.92 Å². The third-order valence-corrected chi connectivity index (χ3v) is 3.86. The van der Waals surface area contributed by atoms with Crippen LogP contribution in [0.5, 0.6) is 5.75 Å². The Morgan fingerprint density at radius 2 is 2.11 bits per heavy atom. The van der Waals surface area contributed by atoms with E-state index in [1.165, 1.54) is 11.1 Å². The van der Waals surface area contributed by atoms with Crippen LogP contribution in [0.3, 0.4) is 0 Å². The zero-order chi connectivity index (χ0) is 14.0. The van der Waals surface area contributed by atoms with Gasteiger partial charge in [-0.25, -0.2) is 0 Å². The van der Waals surface area contributed by atoms with Crippen LogP contribution in [0.15, 0.2) is 18.2 Å². The Bertz CT molecular complexity index is 435. The van der Waals surface area contributed by atoms with E-state index in [4.69, 9.17) is 9.47 Å². The number of aryl methyl sites for hydroxylation is 1. The van der Waals surface area contributed by atoms with Crippen molar-refractivity contribution in [2.75, 3.05) is 6.61 Å². The summed E-state index contributed by atoms with van der Waals surface area (Å²) < 4.78 is 11.9. The molecule has 19 heavy (non-hydrogen) atoms. The Hall–Kier alpha value is -1.02. The lowest BCUT2D eigenvalue weighted by molar-refractivity contribution is -0.0327. The van der Waals surface area contributed by atoms with E-state index in [1.54, 1.807) is 0 Å². The van der Waals surface area contributed by atoms with Crippen LogP contribution in [0.1, 0.15) is 57.6 Å². The Labute approximate surface area is 117 Å².